The number of hydrogen-bond acceptors (Lipinski definition) is 2. The summed E-state index contributed by atoms with van der Waals surface area (Å²) in [6.07, 6.45) is 2.54. The number of rotatable bonds is 5. The zero-order valence-electron chi connectivity index (χ0n) is 10.8. The monoisotopic (exact) mass is 254 g/mol. The smallest absolute Gasteiger partial charge is 0.163 e. The topological polar surface area (TPSA) is 15.3 Å². The first kappa shape index (κ1) is 13.4. The van der Waals surface area contributed by atoms with Crippen molar-refractivity contribution in [1.29, 1.82) is 0 Å². The number of nitrogens with one attached hydrogen (secondary N) is 1. The summed E-state index contributed by atoms with van der Waals surface area (Å²) in [5, 5.41) is 3.25. The Balaban J connectivity index is 1.83. The lowest BCUT2D eigenvalue weighted by atomic mass is 10.1. The Bertz CT molecular complexity index is 389. The molecule has 0 spiro atoms. The summed E-state index contributed by atoms with van der Waals surface area (Å²) in [6.45, 7) is 5.95. The van der Waals surface area contributed by atoms with Crippen molar-refractivity contribution >= 4 is 0 Å². The van der Waals surface area contributed by atoms with Gasteiger partial charge in [0.25, 0.3) is 0 Å². The van der Waals surface area contributed by atoms with Crippen LogP contribution in [0.3, 0.4) is 0 Å². The fourth-order valence-electron chi connectivity index (χ4n) is 2.41. The van der Waals surface area contributed by atoms with Crippen molar-refractivity contribution in [3.63, 3.8) is 0 Å². The molecule has 2 rings (SSSR count). The summed E-state index contributed by atoms with van der Waals surface area (Å²) in [6, 6.07) is 4.16. The van der Waals surface area contributed by atoms with E-state index >= 15 is 0 Å². The molecule has 100 valence electrons. The molecule has 1 aromatic carbocycles. The fourth-order valence-corrected chi connectivity index (χ4v) is 2.41. The molecule has 2 nitrogen and oxygen atoms in total. The van der Waals surface area contributed by atoms with Gasteiger partial charge in [-0.05, 0) is 38.9 Å². The van der Waals surface area contributed by atoms with Crippen LogP contribution in [0, 0.1) is 11.6 Å². The van der Waals surface area contributed by atoms with Gasteiger partial charge in [0.15, 0.2) is 11.6 Å². The van der Waals surface area contributed by atoms with Gasteiger partial charge in [-0.2, -0.15) is 0 Å². The van der Waals surface area contributed by atoms with E-state index in [0.717, 1.165) is 32.2 Å². The van der Waals surface area contributed by atoms with E-state index < -0.39 is 11.6 Å². The van der Waals surface area contributed by atoms with Crippen LogP contribution in [-0.4, -0.2) is 31.1 Å². The van der Waals surface area contributed by atoms with Crippen LogP contribution in [0.15, 0.2) is 18.2 Å². The van der Waals surface area contributed by atoms with Crippen molar-refractivity contribution in [3.05, 3.63) is 35.4 Å². The number of benzene rings is 1. The average molecular weight is 254 g/mol. The van der Waals surface area contributed by atoms with Gasteiger partial charge in [0.2, 0.25) is 0 Å². The molecule has 1 heterocycles. The molecular formula is C14H20F2N2. The summed E-state index contributed by atoms with van der Waals surface area (Å²) in [4.78, 5) is 2.39. The standard InChI is InChI=1S/C14H20F2N2/c1-11(12-5-4-6-13(15)14(12)16)17-7-10-18-8-2-3-9-18/h4-6,11,17H,2-3,7-10H2,1H3. The number of likely N-dealkylation sites (tertiary alicyclic amines) is 1. The van der Waals surface area contributed by atoms with Crippen LogP contribution >= 0.6 is 0 Å². The van der Waals surface area contributed by atoms with Crippen LogP contribution in [0.2, 0.25) is 0 Å². The van der Waals surface area contributed by atoms with Gasteiger partial charge >= 0.3 is 0 Å². The Labute approximate surface area is 107 Å². The molecule has 1 saturated heterocycles. The number of hydrogen-bond donors (Lipinski definition) is 1. The van der Waals surface area contributed by atoms with Gasteiger partial charge in [0, 0.05) is 24.7 Å². The molecule has 1 aliphatic heterocycles. The van der Waals surface area contributed by atoms with Crippen LogP contribution in [0.4, 0.5) is 8.78 Å². The molecular weight excluding hydrogens is 234 g/mol. The maximum Gasteiger partial charge on any atom is 0.163 e. The molecule has 1 N–H and O–H groups in total. The lowest BCUT2D eigenvalue weighted by Gasteiger charge is -2.19. The van der Waals surface area contributed by atoms with E-state index in [2.05, 4.69) is 10.2 Å². The van der Waals surface area contributed by atoms with E-state index in [9.17, 15) is 8.78 Å². The third kappa shape index (κ3) is 3.27. The molecule has 0 aromatic heterocycles. The second-order valence-corrected chi connectivity index (χ2v) is 4.87. The molecule has 1 aliphatic rings. The molecule has 0 saturated carbocycles. The van der Waals surface area contributed by atoms with Gasteiger partial charge in [-0.25, -0.2) is 8.78 Å². The van der Waals surface area contributed by atoms with Crippen molar-refractivity contribution in [2.24, 2.45) is 0 Å². The Morgan fingerprint density at radius 2 is 2.00 bits per heavy atom. The molecule has 1 atom stereocenters. The summed E-state index contributed by atoms with van der Waals surface area (Å²) >= 11 is 0. The Morgan fingerprint density at radius 1 is 1.28 bits per heavy atom. The van der Waals surface area contributed by atoms with Gasteiger partial charge in [0.1, 0.15) is 0 Å². The highest BCUT2D eigenvalue weighted by molar-refractivity contribution is 5.21. The first-order chi connectivity index (χ1) is 8.68. The van der Waals surface area contributed by atoms with Crippen LogP contribution in [0.5, 0.6) is 0 Å². The van der Waals surface area contributed by atoms with Gasteiger partial charge in [-0.3, -0.25) is 0 Å². The third-order valence-corrected chi connectivity index (χ3v) is 3.53. The molecule has 0 radical (unpaired) electrons. The summed E-state index contributed by atoms with van der Waals surface area (Å²) in [5.74, 6) is -1.51. The van der Waals surface area contributed by atoms with Gasteiger partial charge in [0.05, 0.1) is 0 Å². The summed E-state index contributed by atoms with van der Waals surface area (Å²) in [5.41, 5.74) is 0.399. The second-order valence-electron chi connectivity index (χ2n) is 4.87. The van der Waals surface area contributed by atoms with Crippen molar-refractivity contribution in [2.75, 3.05) is 26.2 Å². The lowest BCUT2D eigenvalue weighted by molar-refractivity contribution is 0.328. The van der Waals surface area contributed by atoms with Crippen LogP contribution < -0.4 is 5.32 Å². The maximum absolute atomic E-state index is 13.6. The van der Waals surface area contributed by atoms with E-state index in [1.807, 2.05) is 6.92 Å². The first-order valence-corrected chi connectivity index (χ1v) is 6.58. The number of nitrogens with zero attached hydrogens (tertiary/aromatic N) is 1. The molecule has 18 heavy (non-hydrogen) atoms. The van der Waals surface area contributed by atoms with Crippen LogP contribution in [-0.2, 0) is 0 Å². The van der Waals surface area contributed by atoms with E-state index in [1.54, 1.807) is 12.1 Å². The van der Waals surface area contributed by atoms with Crippen molar-refractivity contribution in [2.45, 2.75) is 25.8 Å². The molecule has 4 heteroatoms. The predicted octanol–water partition coefficient (Wildman–Crippen LogP) is 2.71. The second kappa shape index (κ2) is 6.25. The molecule has 0 bridgehead atoms. The lowest BCUT2D eigenvalue weighted by Crippen LogP contribution is -2.31. The highest BCUT2D eigenvalue weighted by Gasteiger charge is 2.15. The van der Waals surface area contributed by atoms with Crippen molar-refractivity contribution < 1.29 is 8.78 Å². The molecule has 0 aliphatic carbocycles. The predicted molar refractivity (Wildman–Crippen MR) is 68.4 cm³/mol. The normalized spacial score (nSPS) is 18.2. The van der Waals surface area contributed by atoms with Crippen molar-refractivity contribution in [1.82, 2.24) is 10.2 Å². The maximum atomic E-state index is 13.6. The van der Waals surface area contributed by atoms with E-state index in [0.29, 0.717) is 5.56 Å². The summed E-state index contributed by atoms with van der Waals surface area (Å²) < 4.78 is 26.7. The minimum Gasteiger partial charge on any atom is -0.309 e. The van der Waals surface area contributed by atoms with Gasteiger partial charge < -0.3 is 10.2 Å². The van der Waals surface area contributed by atoms with Crippen molar-refractivity contribution in [3.8, 4) is 0 Å². The average Bonchev–Trinajstić information content (AvgIpc) is 2.85. The Kier molecular flexibility index (Phi) is 4.66. The van der Waals surface area contributed by atoms with Crippen LogP contribution in [0.1, 0.15) is 31.4 Å². The largest absolute Gasteiger partial charge is 0.309 e. The SMILES string of the molecule is CC(NCCN1CCCC1)c1cccc(F)c1F. The Morgan fingerprint density at radius 3 is 2.72 bits per heavy atom. The van der Waals surface area contributed by atoms with Gasteiger partial charge in [-0.1, -0.05) is 12.1 Å². The summed E-state index contributed by atoms with van der Waals surface area (Å²) in [7, 11) is 0. The zero-order chi connectivity index (χ0) is 13.0. The Hall–Kier alpha value is -1.00. The first-order valence-electron chi connectivity index (χ1n) is 6.58. The molecule has 1 fully saturated rings. The molecule has 1 unspecified atom stereocenters. The van der Waals surface area contributed by atoms with E-state index in [1.165, 1.54) is 12.8 Å². The van der Waals surface area contributed by atoms with Crippen LogP contribution in [0.25, 0.3) is 0 Å². The quantitative estimate of drug-likeness (QED) is 0.869. The minimum absolute atomic E-state index is 0.164. The van der Waals surface area contributed by atoms with E-state index in [-0.39, 0.29) is 6.04 Å². The number of halogens is 2. The highest BCUT2D eigenvalue weighted by Crippen LogP contribution is 2.18. The van der Waals surface area contributed by atoms with Gasteiger partial charge in [-0.15, -0.1) is 0 Å². The highest BCUT2D eigenvalue weighted by atomic mass is 19.2. The van der Waals surface area contributed by atoms with E-state index in [4.69, 9.17) is 0 Å². The fraction of sp³-hybridized carbons (Fsp3) is 0.571. The minimum atomic E-state index is -0.777. The zero-order valence-corrected chi connectivity index (χ0v) is 10.8. The third-order valence-electron chi connectivity index (χ3n) is 3.53. The molecule has 0 amide bonds. The molecule has 1 aromatic rings.